The zero-order valence-corrected chi connectivity index (χ0v) is 17.2. The Morgan fingerprint density at radius 1 is 1.03 bits per heavy atom. The van der Waals surface area contributed by atoms with Gasteiger partial charge < -0.3 is 9.64 Å². The van der Waals surface area contributed by atoms with Crippen LogP contribution in [0.5, 0.6) is 11.5 Å². The van der Waals surface area contributed by atoms with E-state index in [9.17, 15) is 10.1 Å². The fourth-order valence-corrected chi connectivity index (χ4v) is 3.84. The predicted molar refractivity (Wildman–Crippen MR) is 120 cm³/mol. The first-order chi connectivity index (χ1) is 15.2. The number of hydrogen-bond acceptors (Lipinski definition) is 4. The van der Waals surface area contributed by atoms with Crippen LogP contribution in [-0.4, -0.2) is 28.9 Å². The van der Waals surface area contributed by atoms with E-state index in [0.717, 1.165) is 35.6 Å². The monoisotopic (exact) mass is 409 g/mol. The second-order valence-electron chi connectivity index (χ2n) is 7.49. The number of pyridine rings is 1. The Morgan fingerprint density at radius 3 is 2.35 bits per heavy atom. The summed E-state index contributed by atoms with van der Waals surface area (Å²) in [5.41, 5.74) is 3.05. The summed E-state index contributed by atoms with van der Waals surface area (Å²) in [7, 11) is 0. The van der Waals surface area contributed by atoms with E-state index in [4.69, 9.17) is 9.72 Å². The van der Waals surface area contributed by atoms with Crippen LogP contribution < -0.4 is 4.74 Å². The molecule has 1 fully saturated rings. The molecule has 0 aliphatic carbocycles. The molecule has 1 aliphatic heterocycles. The van der Waals surface area contributed by atoms with Gasteiger partial charge in [0.2, 0.25) is 5.91 Å². The van der Waals surface area contributed by atoms with Crippen LogP contribution in [-0.2, 0) is 4.79 Å². The topological polar surface area (TPSA) is 66.2 Å². The lowest BCUT2D eigenvalue weighted by Crippen LogP contribution is -2.36. The van der Waals surface area contributed by atoms with Gasteiger partial charge in [-0.15, -0.1) is 0 Å². The molecule has 0 radical (unpaired) electrons. The summed E-state index contributed by atoms with van der Waals surface area (Å²) in [5, 5.41) is 9.59. The number of rotatable bonds is 5. The summed E-state index contributed by atoms with van der Waals surface area (Å²) in [6, 6.07) is 23.3. The maximum Gasteiger partial charge on any atom is 0.245 e. The molecule has 0 spiro atoms. The minimum Gasteiger partial charge on any atom is -0.457 e. The largest absolute Gasteiger partial charge is 0.457 e. The first-order valence-corrected chi connectivity index (χ1v) is 10.3. The van der Waals surface area contributed by atoms with E-state index >= 15 is 0 Å². The summed E-state index contributed by atoms with van der Waals surface area (Å²) in [6.07, 6.45) is 3.06. The minimum absolute atomic E-state index is 0.0234. The van der Waals surface area contributed by atoms with E-state index in [0.29, 0.717) is 24.3 Å². The van der Waals surface area contributed by atoms with Crippen LogP contribution in [0.4, 0.5) is 0 Å². The average Bonchev–Trinajstić information content (AvgIpc) is 2.84. The normalized spacial score (nSPS) is 14.0. The molecule has 2 aromatic carbocycles. The third-order valence-electron chi connectivity index (χ3n) is 5.54. The molecule has 0 bridgehead atoms. The number of benzene rings is 2. The lowest BCUT2D eigenvalue weighted by atomic mass is 9.92. The smallest absolute Gasteiger partial charge is 0.245 e. The third kappa shape index (κ3) is 4.65. The SMILES string of the molecule is C=CC(=O)N1CCC(c2ccc(C#N)c(-c3ccc(Oc4ccccc4)cc3)n2)CC1. The van der Waals surface area contributed by atoms with Crippen molar-refractivity contribution in [2.24, 2.45) is 0 Å². The van der Waals surface area contributed by atoms with Crippen molar-refractivity contribution in [2.45, 2.75) is 18.8 Å². The molecular formula is C26H23N3O2. The van der Waals surface area contributed by atoms with Gasteiger partial charge in [-0.05, 0) is 67.4 Å². The molecule has 4 rings (SSSR count). The summed E-state index contributed by atoms with van der Waals surface area (Å²) >= 11 is 0. The van der Waals surface area contributed by atoms with Gasteiger partial charge in [-0.1, -0.05) is 24.8 Å². The van der Waals surface area contributed by atoms with E-state index in [1.807, 2.05) is 71.6 Å². The molecule has 2 heterocycles. The standard InChI is InChI=1S/C26H23N3O2/c1-2-25(30)29-16-14-19(15-17-29)24-13-10-21(18-27)26(28-24)20-8-11-23(12-9-20)31-22-6-4-3-5-7-22/h2-13,19H,1,14-17H2. The van der Waals surface area contributed by atoms with Gasteiger partial charge in [-0.25, -0.2) is 0 Å². The van der Waals surface area contributed by atoms with Gasteiger partial charge in [-0.2, -0.15) is 5.26 Å². The van der Waals surface area contributed by atoms with Gasteiger partial charge >= 0.3 is 0 Å². The molecule has 1 amide bonds. The number of carbonyl (C=O) groups is 1. The molecule has 154 valence electrons. The van der Waals surface area contributed by atoms with Crippen molar-refractivity contribution in [3.63, 3.8) is 0 Å². The Balaban J connectivity index is 1.54. The molecule has 1 saturated heterocycles. The van der Waals surface area contributed by atoms with Crippen LogP contribution in [0.25, 0.3) is 11.3 Å². The van der Waals surface area contributed by atoms with Crippen molar-refractivity contribution in [1.29, 1.82) is 5.26 Å². The van der Waals surface area contributed by atoms with Crippen LogP contribution >= 0.6 is 0 Å². The van der Waals surface area contributed by atoms with Crippen molar-refractivity contribution in [1.82, 2.24) is 9.88 Å². The number of ether oxygens (including phenoxy) is 1. The number of piperidine rings is 1. The molecule has 1 aliphatic rings. The number of nitriles is 1. The summed E-state index contributed by atoms with van der Waals surface area (Å²) < 4.78 is 5.86. The van der Waals surface area contributed by atoms with E-state index in [1.54, 1.807) is 0 Å². The van der Waals surface area contributed by atoms with Crippen LogP contribution in [0.1, 0.15) is 30.0 Å². The highest BCUT2D eigenvalue weighted by atomic mass is 16.5. The Labute approximate surface area is 182 Å². The number of carbonyl (C=O) groups excluding carboxylic acids is 1. The van der Waals surface area contributed by atoms with Crippen molar-refractivity contribution in [2.75, 3.05) is 13.1 Å². The maximum absolute atomic E-state index is 11.8. The zero-order chi connectivity index (χ0) is 21.6. The zero-order valence-electron chi connectivity index (χ0n) is 17.2. The Kier molecular flexibility index (Phi) is 6.09. The number of likely N-dealkylation sites (tertiary alicyclic amines) is 1. The molecule has 5 heteroatoms. The highest BCUT2D eigenvalue weighted by molar-refractivity contribution is 5.87. The number of amides is 1. The highest BCUT2D eigenvalue weighted by Crippen LogP contribution is 2.31. The van der Waals surface area contributed by atoms with Crippen LogP contribution in [0.3, 0.4) is 0 Å². The van der Waals surface area contributed by atoms with Crippen molar-refractivity contribution in [3.8, 4) is 28.8 Å². The van der Waals surface area contributed by atoms with Crippen LogP contribution in [0.2, 0.25) is 0 Å². The average molecular weight is 409 g/mol. The van der Waals surface area contributed by atoms with E-state index in [-0.39, 0.29) is 11.8 Å². The molecule has 0 saturated carbocycles. The highest BCUT2D eigenvalue weighted by Gasteiger charge is 2.24. The Morgan fingerprint density at radius 2 is 1.71 bits per heavy atom. The molecule has 1 aromatic heterocycles. The molecule has 3 aromatic rings. The van der Waals surface area contributed by atoms with Gasteiger partial charge in [-0.3, -0.25) is 9.78 Å². The molecular weight excluding hydrogens is 386 g/mol. The molecule has 0 unspecified atom stereocenters. The van der Waals surface area contributed by atoms with E-state index in [2.05, 4.69) is 12.6 Å². The third-order valence-corrected chi connectivity index (χ3v) is 5.54. The summed E-state index contributed by atoms with van der Waals surface area (Å²) in [5.74, 6) is 1.74. The van der Waals surface area contributed by atoms with Gasteiger partial charge in [0.15, 0.2) is 0 Å². The molecule has 5 nitrogen and oxygen atoms in total. The number of hydrogen-bond donors (Lipinski definition) is 0. The van der Waals surface area contributed by atoms with E-state index in [1.165, 1.54) is 6.08 Å². The fraction of sp³-hybridized carbons (Fsp3) is 0.192. The number of para-hydroxylation sites is 1. The molecule has 31 heavy (non-hydrogen) atoms. The van der Waals surface area contributed by atoms with E-state index < -0.39 is 0 Å². The summed E-state index contributed by atoms with van der Waals surface area (Å²) in [4.78, 5) is 18.5. The maximum atomic E-state index is 11.8. The van der Waals surface area contributed by atoms with Gasteiger partial charge in [0.25, 0.3) is 0 Å². The fourth-order valence-electron chi connectivity index (χ4n) is 3.84. The van der Waals surface area contributed by atoms with Gasteiger partial charge in [0.1, 0.15) is 17.6 Å². The second kappa shape index (κ2) is 9.27. The van der Waals surface area contributed by atoms with Crippen LogP contribution in [0.15, 0.2) is 79.4 Å². The van der Waals surface area contributed by atoms with Crippen LogP contribution in [0, 0.1) is 11.3 Å². The summed E-state index contributed by atoms with van der Waals surface area (Å²) in [6.45, 7) is 4.95. The van der Waals surface area contributed by atoms with Gasteiger partial charge in [0.05, 0.1) is 11.3 Å². The first kappa shape index (κ1) is 20.4. The second-order valence-corrected chi connectivity index (χ2v) is 7.49. The minimum atomic E-state index is -0.0234. The quantitative estimate of drug-likeness (QED) is 0.536. The number of nitrogens with zero attached hydrogens (tertiary/aromatic N) is 3. The lowest BCUT2D eigenvalue weighted by Gasteiger charge is -2.31. The predicted octanol–water partition coefficient (Wildman–Crippen LogP) is 5.30. The Bertz CT molecular complexity index is 1110. The molecule has 0 atom stereocenters. The Hall–Kier alpha value is -3.91. The first-order valence-electron chi connectivity index (χ1n) is 10.3. The van der Waals surface area contributed by atoms with Crippen molar-refractivity contribution >= 4 is 5.91 Å². The van der Waals surface area contributed by atoms with Crippen molar-refractivity contribution < 1.29 is 9.53 Å². The van der Waals surface area contributed by atoms with Crippen molar-refractivity contribution in [3.05, 3.63) is 90.6 Å². The lowest BCUT2D eigenvalue weighted by molar-refractivity contribution is -0.127. The molecule has 0 N–H and O–H groups in total. The van der Waals surface area contributed by atoms with Gasteiger partial charge in [0, 0.05) is 30.3 Å². The number of aromatic nitrogens is 1.